The van der Waals surface area contributed by atoms with Crippen LogP contribution in [-0.4, -0.2) is 13.4 Å². The predicted molar refractivity (Wildman–Crippen MR) is 75.4 cm³/mol. The van der Waals surface area contributed by atoms with Gasteiger partial charge in [-0.1, -0.05) is 0 Å². The zero-order valence-corrected chi connectivity index (χ0v) is 12.3. The normalized spacial score (nSPS) is 11.6. The minimum absolute atomic E-state index is 0.224. The maximum atomic E-state index is 13.6. The Morgan fingerprint density at radius 2 is 1.90 bits per heavy atom. The molecular weight excluding hydrogens is 298 g/mol. The predicted octanol–water partition coefficient (Wildman–Crippen LogP) is 2.53. The van der Waals surface area contributed by atoms with Crippen LogP contribution in [0.15, 0.2) is 29.3 Å². The number of halogens is 2. The van der Waals surface area contributed by atoms with Gasteiger partial charge in [0.25, 0.3) is 0 Å². The Hall–Kier alpha value is -2.02. The summed E-state index contributed by atoms with van der Waals surface area (Å²) >= 11 is 0. The Labute approximate surface area is 121 Å². The average Bonchev–Trinajstić information content (AvgIpc) is 2.42. The number of nitrogens with zero attached hydrogens (tertiary/aromatic N) is 1. The summed E-state index contributed by atoms with van der Waals surface area (Å²) in [5, 5.41) is 0. The van der Waals surface area contributed by atoms with Crippen molar-refractivity contribution in [3.8, 4) is 0 Å². The zero-order chi connectivity index (χ0) is 15.8. The van der Waals surface area contributed by atoms with Crippen LogP contribution >= 0.6 is 0 Å². The van der Waals surface area contributed by atoms with Crippen LogP contribution in [0.5, 0.6) is 0 Å². The molecule has 0 amide bonds. The first-order chi connectivity index (χ1) is 9.72. The van der Waals surface area contributed by atoms with Gasteiger partial charge in [0.1, 0.15) is 16.5 Å². The first-order valence-corrected chi connectivity index (χ1v) is 7.76. The molecule has 112 valence electrons. The van der Waals surface area contributed by atoms with Gasteiger partial charge in [-0.25, -0.2) is 17.2 Å². The van der Waals surface area contributed by atoms with Gasteiger partial charge in [-0.05, 0) is 43.2 Å². The summed E-state index contributed by atoms with van der Waals surface area (Å²) in [6.07, 6.45) is 1.45. The van der Waals surface area contributed by atoms with Crippen molar-refractivity contribution in [3.05, 3.63) is 52.9 Å². The van der Waals surface area contributed by atoms with E-state index in [0.717, 1.165) is 17.7 Å². The van der Waals surface area contributed by atoms with Crippen molar-refractivity contribution in [2.24, 2.45) is 0 Å². The summed E-state index contributed by atoms with van der Waals surface area (Å²) in [4.78, 5) is 3.35. The Kier molecular flexibility index (Phi) is 3.95. The number of aromatic nitrogens is 1. The largest absolute Gasteiger partial charge is 0.398 e. The molecule has 2 aromatic rings. The molecule has 0 aliphatic rings. The zero-order valence-electron chi connectivity index (χ0n) is 11.5. The summed E-state index contributed by atoms with van der Waals surface area (Å²) in [6, 6.07) is 2.31. The maximum Gasteiger partial charge on any atom is 0.187 e. The van der Waals surface area contributed by atoms with Crippen LogP contribution < -0.4 is 5.73 Å². The quantitative estimate of drug-likeness (QED) is 0.945. The van der Waals surface area contributed by atoms with Crippen LogP contribution in [0.3, 0.4) is 0 Å². The van der Waals surface area contributed by atoms with E-state index in [0.29, 0.717) is 17.3 Å². The van der Waals surface area contributed by atoms with E-state index in [1.807, 2.05) is 0 Å². The molecule has 0 radical (unpaired) electrons. The number of hydrogen-bond donors (Lipinski definition) is 1. The first-order valence-electron chi connectivity index (χ1n) is 6.10. The van der Waals surface area contributed by atoms with E-state index in [2.05, 4.69) is 4.98 Å². The van der Waals surface area contributed by atoms with Crippen molar-refractivity contribution >= 4 is 15.5 Å². The van der Waals surface area contributed by atoms with Crippen LogP contribution in [0.2, 0.25) is 0 Å². The minimum atomic E-state index is -4.05. The lowest BCUT2D eigenvalue weighted by Crippen LogP contribution is -2.11. The Morgan fingerprint density at radius 1 is 1.24 bits per heavy atom. The highest BCUT2D eigenvalue weighted by Crippen LogP contribution is 2.24. The second kappa shape index (κ2) is 5.40. The van der Waals surface area contributed by atoms with Crippen molar-refractivity contribution in [1.82, 2.24) is 4.98 Å². The van der Waals surface area contributed by atoms with Gasteiger partial charge in [0.15, 0.2) is 9.84 Å². The Balaban J connectivity index is 2.47. The molecule has 2 rings (SSSR count). The van der Waals surface area contributed by atoms with Crippen molar-refractivity contribution in [2.75, 3.05) is 5.73 Å². The fourth-order valence-corrected chi connectivity index (χ4v) is 3.37. The van der Waals surface area contributed by atoms with Crippen LogP contribution in [0, 0.1) is 25.5 Å². The number of aryl methyl sites for hydroxylation is 1. The van der Waals surface area contributed by atoms with Gasteiger partial charge in [-0.3, -0.25) is 4.98 Å². The second-order valence-electron chi connectivity index (χ2n) is 4.76. The molecule has 0 aliphatic heterocycles. The first kappa shape index (κ1) is 15.4. The highest BCUT2D eigenvalue weighted by Gasteiger charge is 2.23. The number of pyridine rings is 1. The topological polar surface area (TPSA) is 73.0 Å². The number of anilines is 1. The number of rotatable bonds is 3. The monoisotopic (exact) mass is 312 g/mol. The van der Waals surface area contributed by atoms with Crippen molar-refractivity contribution in [1.29, 1.82) is 0 Å². The van der Waals surface area contributed by atoms with E-state index < -0.39 is 32.1 Å². The van der Waals surface area contributed by atoms with E-state index in [1.165, 1.54) is 6.20 Å². The van der Waals surface area contributed by atoms with Crippen LogP contribution in [0.25, 0.3) is 0 Å². The van der Waals surface area contributed by atoms with Gasteiger partial charge in [0.2, 0.25) is 0 Å². The molecule has 0 saturated heterocycles. The fraction of sp³-hybridized carbons (Fsp3) is 0.214. The fourth-order valence-electron chi connectivity index (χ4n) is 1.91. The van der Waals surface area contributed by atoms with E-state index >= 15 is 0 Å². The summed E-state index contributed by atoms with van der Waals surface area (Å²) in [7, 11) is -4.05. The van der Waals surface area contributed by atoms with Gasteiger partial charge in [-0.2, -0.15) is 0 Å². The number of sulfone groups is 1. The molecule has 0 fully saturated rings. The van der Waals surface area contributed by atoms with Crippen LogP contribution in [0.4, 0.5) is 14.5 Å². The smallest absolute Gasteiger partial charge is 0.187 e. The second-order valence-corrected chi connectivity index (χ2v) is 6.72. The number of hydrogen-bond acceptors (Lipinski definition) is 4. The molecule has 0 spiro atoms. The minimum Gasteiger partial charge on any atom is -0.398 e. The van der Waals surface area contributed by atoms with Crippen molar-refractivity contribution in [2.45, 2.75) is 24.5 Å². The summed E-state index contributed by atoms with van der Waals surface area (Å²) in [5.74, 6) is -2.35. The molecule has 0 bridgehead atoms. The third-order valence-electron chi connectivity index (χ3n) is 3.23. The maximum absolute atomic E-state index is 13.6. The molecular formula is C14H14F2N2O2S. The van der Waals surface area contributed by atoms with E-state index in [9.17, 15) is 17.2 Å². The molecule has 1 heterocycles. The van der Waals surface area contributed by atoms with Gasteiger partial charge in [0.05, 0.1) is 11.4 Å². The number of benzene rings is 1. The molecule has 1 aromatic carbocycles. The van der Waals surface area contributed by atoms with E-state index in [-0.39, 0.29) is 5.69 Å². The van der Waals surface area contributed by atoms with Crippen molar-refractivity contribution in [3.63, 3.8) is 0 Å². The highest BCUT2D eigenvalue weighted by molar-refractivity contribution is 7.90. The molecule has 1 aromatic heterocycles. The molecule has 0 unspecified atom stereocenters. The molecule has 0 saturated carbocycles. The van der Waals surface area contributed by atoms with E-state index in [1.54, 1.807) is 13.8 Å². The highest BCUT2D eigenvalue weighted by atomic mass is 32.2. The van der Waals surface area contributed by atoms with Crippen LogP contribution in [0.1, 0.15) is 16.8 Å². The van der Waals surface area contributed by atoms with Gasteiger partial charge < -0.3 is 5.73 Å². The molecule has 4 nitrogen and oxygen atoms in total. The van der Waals surface area contributed by atoms with Crippen LogP contribution in [-0.2, 0) is 15.6 Å². The number of nitrogens with two attached hydrogens (primary N) is 1. The molecule has 7 heteroatoms. The van der Waals surface area contributed by atoms with Gasteiger partial charge >= 0.3 is 0 Å². The molecule has 21 heavy (non-hydrogen) atoms. The molecule has 2 N–H and O–H groups in total. The lowest BCUT2D eigenvalue weighted by atomic mass is 10.1. The number of nitrogen functional groups attached to an aromatic ring is 1. The summed E-state index contributed by atoms with van der Waals surface area (Å²) in [6.45, 7) is 3.39. The SMILES string of the molecule is Cc1cnc(CS(=O)(=O)c2cc(F)ccc2F)c(C)c1N. The third kappa shape index (κ3) is 3.02. The van der Waals surface area contributed by atoms with E-state index in [4.69, 9.17) is 5.73 Å². The van der Waals surface area contributed by atoms with Gasteiger partial charge in [0, 0.05) is 11.9 Å². The Bertz CT molecular complexity index is 805. The average molecular weight is 312 g/mol. The lowest BCUT2D eigenvalue weighted by molar-refractivity contribution is 0.552. The Morgan fingerprint density at radius 3 is 2.57 bits per heavy atom. The lowest BCUT2D eigenvalue weighted by Gasteiger charge is -2.11. The molecule has 0 atom stereocenters. The standard InChI is InChI=1S/C14H14F2N2O2S/c1-8-6-18-12(9(2)14(8)17)7-21(19,20)13-5-10(15)3-4-11(13)16/h3-6H,7H2,1-2H3,(H2,17,18). The summed E-state index contributed by atoms with van der Waals surface area (Å²) in [5.41, 5.74) is 7.74. The summed E-state index contributed by atoms with van der Waals surface area (Å²) < 4.78 is 51.2. The van der Waals surface area contributed by atoms with Crippen molar-refractivity contribution < 1.29 is 17.2 Å². The molecule has 0 aliphatic carbocycles. The van der Waals surface area contributed by atoms with Gasteiger partial charge in [-0.15, -0.1) is 0 Å². The third-order valence-corrected chi connectivity index (χ3v) is 4.87.